The van der Waals surface area contributed by atoms with Gasteiger partial charge in [0.2, 0.25) is 6.08 Å². The minimum atomic E-state index is -0.652. The molecule has 0 aromatic rings. The van der Waals surface area contributed by atoms with E-state index >= 15 is 0 Å². The van der Waals surface area contributed by atoms with Crippen molar-refractivity contribution in [1.29, 1.82) is 0 Å². The summed E-state index contributed by atoms with van der Waals surface area (Å²) in [6.07, 6.45) is 4.99. The number of hydrogen-bond donors (Lipinski definition) is 1. The van der Waals surface area contributed by atoms with E-state index in [-0.39, 0.29) is 11.3 Å². The minimum Gasteiger partial charge on any atom is -0.465 e. The van der Waals surface area contributed by atoms with Crippen molar-refractivity contribution in [3.63, 3.8) is 0 Å². The average Bonchev–Trinajstić information content (AvgIpc) is 2.22. The summed E-state index contributed by atoms with van der Waals surface area (Å²) in [5.41, 5.74) is 5.21. The minimum absolute atomic E-state index is 0.00764. The lowest BCUT2D eigenvalue weighted by Crippen LogP contribution is -2.07. The largest absolute Gasteiger partial charge is 0.465 e. The summed E-state index contributed by atoms with van der Waals surface area (Å²) in [5.74, 6) is -0.652. The van der Waals surface area contributed by atoms with E-state index in [1.54, 1.807) is 0 Å². The highest BCUT2D eigenvalue weighted by Gasteiger charge is 2.13. The quantitative estimate of drug-likeness (QED) is 0.231. The van der Waals surface area contributed by atoms with E-state index < -0.39 is 5.97 Å². The van der Waals surface area contributed by atoms with E-state index in [0.717, 1.165) is 6.20 Å². The van der Waals surface area contributed by atoms with Crippen molar-refractivity contribution in [1.82, 2.24) is 0 Å². The normalized spacial score (nSPS) is 11.5. The maximum Gasteiger partial charge on any atom is 0.340 e. The van der Waals surface area contributed by atoms with E-state index in [0.29, 0.717) is 0 Å². The number of carbonyl (C=O) groups is 1. The average molecular weight is 194 g/mol. The van der Waals surface area contributed by atoms with Crippen LogP contribution in [0.2, 0.25) is 0 Å². The van der Waals surface area contributed by atoms with Crippen molar-refractivity contribution < 1.29 is 14.3 Å². The Morgan fingerprint density at radius 3 is 2.64 bits per heavy atom. The third-order valence-corrected chi connectivity index (χ3v) is 1.29. The van der Waals surface area contributed by atoms with Crippen LogP contribution in [0, 0.1) is 0 Å². The molecule has 0 aliphatic heterocycles. The zero-order chi connectivity index (χ0) is 11.0. The first-order valence-electron chi connectivity index (χ1n) is 3.62. The Kier molecular flexibility index (Phi) is 5.42. The highest BCUT2D eigenvalue weighted by molar-refractivity contribution is 5.93. The van der Waals surface area contributed by atoms with Gasteiger partial charge in [0.1, 0.15) is 5.70 Å². The van der Waals surface area contributed by atoms with Crippen LogP contribution in [-0.4, -0.2) is 19.2 Å². The zero-order valence-electron chi connectivity index (χ0n) is 7.69. The van der Waals surface area contributed by atoms with E-state index in [4.69, 9.17) is 5.73 Å². The lowest BCUT2D eigenvalue weighted by atomic mass is 10.2. The molecule has 0 unspecified atom stereocenters. The van der Waals surface area contributed by atoms with Crippen LogP contribution in [-0.2, 0) is 14.3 Å². The SMILES string of the molecule is C=C/C=C(C(=O)OC)\C(=C/N)N=C=O. The number of nitrogens with zero attached hydrogens (tertiary/aromatic N) is 1. The van der Waals surface area contributed by atoms with Crippen LogP contribution in [0.1, 0.15) is 0 Å². The van der Waals surface area contributed by atoms with Gasteiger partial charge in [-0.25, -0.2) is 9.59 Å². The van der Waals surface area contributed by atoms with E-state index in [1.165, 1.54) is 25.3 Å². The Morgan fingerprint density at radius 2 is 2.29 bits per heavy atom. The first-order valence-corrected chi connectivity index (χ1v) is 3.62. The van der Waals surface area contributed by atoms with Crippen molar-refractivity contribution in [2.45, 2.75) is 0 Å². The second-order valence-corrected chi connectivity index (χ2v) is 2.06. The molecule has 0 spiro atoms. The molecule has 0 bridgehead atoms. The molecule has 14 heavy (non-hydrogen) atoms. The smallest absolute Gasteiger partial charge is 0.340 e. The molecule has 2 N–H and O–H groups in total. The number of esters is 1. The highest BCUT2D eigenvalue weighted by atomic mass is 16.5. The number of aliphatic imine (C=N–C) groups is 1. The predicted molar refractivity (Wildman–Crippen MR) is 50.7 cm³/mol. The molecule has 0 heterocycles. The molecule has 0 rings (SSSR count). The maximum atomic E-state index is 11.2. The standard InChI is InChI=1S/C9H10N2O3/c1-3-4-7(9(13)14-2)8(5-10)11-6-12/h3-5H,1,10H2,2H3/b7-4+,8-5+. The first-order chi connectivity index (χ1) is 6.71. The summed E-state index contributed by atoms with van der Waals surface area (Å²) in [6, 6.07) is 0. The highest BCUT2D eigenvalue weighted by Crippen LogP contribution is 2.11. The lowest BCUT2D eigenvalue weighted by molar-refractivity contribution is -0.135. The summed E-state index contributed by atoms with van der Waals surface area (Å²) in [7, 11) is 1.21. The second-order valence-electron chi connectivity index (χ2n) is 2.06. The summed E-state index contributed by atoms with van der Waals surface area (Å²) in [4.78, 5) is 24.4. The summed E-state index contributed by atoms with van der Waals surface area (Å²) in [6.45, 7) is 3.40. The van der Waals surface area contributed by atoms with Crippen LogP contribution in [0.25, 0.3) is 0 Å². The molecule has 0 aromatic heterocycles. The lowest BCUT2D eigenvalue weighted by Gasteiger charge is -2.02. The number of isocyanates is 1. The maximum absolute atomic E-state index is 11.2. The number of carbonyl (C=O) groups excluding carboxylic acids is 2. The van der Waals surface area contributed by atoms with Gasteiger partial charge in [0.05, 0.1) is 12.7 Å². The fraction of sp³-hybridized carbons (Fsp3) is 0.111. The van der Waals surface area contributed by atoms with Gasteiger partial charge < -0.3 is 10.5 Å². The second kappa shape index (κ2) is 6.39. The van der Waals surface area contributed by atoms with Crippen LogP contribution in [0.3, 0.4) is 0 Å². The van der Waals surface area contributed by atoms with Gasteiger partial charge in [-0.05, 0) is 6.08 Å². The van der Waals surface area contributed by atoms with Gasteiger partial charge >= 0.3 is 5.97 Å². The Balaban J connectivity index is 5.20. The number of ether oxygens (including phenoxy) is 1. The van der Waals surface area contributed by atoms with E-state index in [9.17, 15) is 9.59 Å². The van der Waals surface area contributed by atoms with Crippen LogP contribution in [0.15, 0.2) is 41.2 Å². The van der Waals surface area contributed by atoms with Gasteiger partial charge in [-0.3, -0.25) is 0 Å². The van der Waals surface area contributed by atoms with E-state index in [1.807, 2.05) is 0 Å². The summed E-state index contributed by atoms with van der Waals surface area (Å²) in [5, 5.41) is 0. The van der Waals surface area contributed by atoms with Gasteiger partial charge in [-0.2, -0.15) is 4.99 Å². The Bertz CT molecular complexity index is 336. The molecule has 0 atom stereocenters. The summed E-state index contributed by atoms with van der Waals surface area (Å²) < 4.78 is 4.45. The molecule has 0 aliphatic carbocycles. The number of allylic oxidation sites excluding steroid dienone is 2. The Labute approximate surface area is 81.3 Å². The first kappa shape index (κ1) is 11.9. The van der Waals surface area contributed by atoms with Crippen molar-refractivity contribution in [2.24, 2.45) is 10.7 Å². The third-order valence-electron chi connectivity index (χ3n) is 1.29. The topological polar surface area (TPSA) is 81.8 Å². The molecule has 5 heteroatoms. The number of rotatable bonds is 4. The molecule has 0 aliphatic rings. The van der Waals surface area contributed by atoms with Crippen LogP contribution in [0.5, 0.6) is 0 Å². The monoisotopic (exact) mass is 194 g/mol. The number of nitrogens with two attached hydrogens (primary N) is 1. The third kappa shape index (κ3) is 3.08. The van der Waals surface area contributed by atoms with Gasteiger partial charge in [-0.1, -0.05) is 12.7 Å². The fourth-order valence-corrected chi connectivity index (χ4v) is 0.722. The zero-order valence-corrected chi connectivity index (χ0v) is 7.69. The molecule has 5 nitrogen and oxygen atoms in total. The molecule has 74 valence electrons. The van der Waals surface area contributed by atoms with Gasteiger partial charge in [0.15, 0.2) is 0 Å². The van der Waals surface area contributed by atoms with Gasteiger partial charge in [0, 0.05) is 6.20 Å². The van der Waals surface area contributed by atoms with Gasteiger partial charge in [-0.15, -0.1) is 0 Å². The van der Waals surface area contributed by atoms with Crippen LogP contribution in [0.4, 0.5) is 0 Å². The molecule has 0 amide bonds. The summed E-state index contributed by atoms with van der Waals surface area (Å²) >= 11 is 0. The van der Waals surface area contributed by atoms with E-state index in [2.05, 4.69) is 16.3 Å². The van der Waals surface area contributed by atoms with Crippen molar-refractivity contribution in [3.05, 3.63) is 36.2 Å². The number of methoxy groups -OCH3 is 1. The van der Waals surface area contributed by atoms with Crippen molar-refractivity contribution in [3.8, 4) is 0 Å². The molecular formula is C9H10N2O3. The number of hydrogen-bond acceptors (Lipinski definition) is 5. The van der Waals surface area contributed by atoms with Crippen LogP contribution < -0.4 is 5.73 Å². The molecule has 0 aromatic carbocycles. The molecule has 0 saturated heterocycles. The van der Waals surface area contributed by atoms with Crippen LogP contribution >= 0.6 is 0 Å². The van der Waals surface area contributed by atoms with Crippen molar-refractivity contribution in [2.75, 3.05) is 7.11 Å². The Morgan fingerprint density at radius 1 is 1.64 bits per heavy atom. The Hall–Kier alpha value is -2.13. The molecule has 0 radical (unpaired) electrons. The predicted octanol–water partition coefficient (Wildman–Crippen LogP) is 0.408. The van der Waals surface area contributed by atoms with Crippen molar-refractivity contribution >= 4 is 12.0 Å². The molecular weight excluding hydrogens is 184 g/mol. The fourth-order valence-electron chi connectivity index (χ4n) is 0.722. The van der Waals surface area contributed by atoms with Gasteiger partial charge in [0.25, 0.3) is 0 Å². The molecule has 0 saturated carbocycles. The molecule has 0 fully saturated rings.